The van der Waals surface area contributed by atoms with E-state index in [2.05, 4.69) is 46.4 Å². The molecule has 1 aliphatic carbocycles. The predicted molar refractivity (Wildman–Crippen MR) is 145 cm³/mol. The number of hydrogen-bond donors (Lipinski definition) is 3. The molecule has 2 aliphatic heterocycles. The molecule has 2 aromatic heterocycles. The van der Waals surface area contributed by atoms with E-state index >= 15 is 0 Å². The number of alkyl halides is 1. The molecule has 2 unspecified atom stereocenters. The fourth-order valence-corrected chi connectivity index (χ4v) is 5.95. The molecular weight excluding hydrogens is 523 g/mol. The van der Waals surface area contributed by atoms with Crippen LogP contribution in [0.5, 0.6) is 0 Å². The normalized spacial score (nSPS) is 21.8. The van der Waals surface area contributed by atoms with Crippen molar-refractivity contribution in [1.29, 1.82) is 5.26 Å². The lowest BCUT2D eigenvalue weighted by atomic mass is 9.92. The van der Waals surface area contributed by atoms with Crippen molar-refractivity contribution in [3.63, 3.8) is 0 Å². The van der Waals surface area contributed by atoms with E-state index in [9.17, 15) is 14.8 Å². The van der Waals surface area contributed by atoms with Crippen LogP contribution in [0.3, 0.4) is 0 Å². The number of aliphatic hydroxyl groups excluding tert-OH is 1. The largest absolute Gasteiger partial charge is 0.389 e. The first-order chi connectivity index (χ1) is 19.0. The SMILES string of the molecule is [C-]#[N+]c1cnc2c(NC3CC3)nc(Nc3cc(C#N)cc(N4CCC5C(CCN5C[C@H](O)CF)C4)c3Cl)nn12. The topological polar surface area (TPSA) is 122 Å². The van der Waals surface area contributed by atoms with E-state index in [0.717, 1.165) is 51.0 Å². The summed E-state index contributed by atoms with van der Waals surface area (Å²) in [5.74, 6) is 1.38. The Balaban J connectivity index is 1.28. The summed E-state index contributed by atoms with van der Waals surface area (Å²) >= 11 is 6.93. The molecule has 0 radical (unpaired) electrons. The fourth-order valence-electron chi connectivity index (χ4n) is 5.68. The van der Waals surface area contributed by atoms with Gasteiger partial charge >= 0.3 is 0 Å². The van der Waals surface area contributed by atoms with E-state index < -0.39 is 12.8 Å². The highest BCUT2D eigenvalue weighted by Crippen LogP contribution is 2.40. The Kier molecular flexibility index (Phi) is 6.85. The summed E-state index contributed by atoms with van der Waals surface area (Å²) in [7, 11) is 0. The second-order valence-corrected chi connectivity index (χ2v) is 10.8. The quantitative estimate of drug-likeness (QED) is 0.360. The number of nitrogens with one attached hydrogen (secondary N) is 2. The number of piperidine rings is 1. The summed E-state index contributed by atoms with van der Waals surface area (Å²) < 4.78 is 14.3. The first-order valence-corrected chi connectivity index (χ1v) is 13.5. The number of likely N-dealkylation sites (tertiary alicyclic amines) is 1. The van der Waals surface area contributed by atoms with E-state index in [1.165, 1.54) is 10.7 Å². The van der Waals surface area contributed by atoms with Crippen LogP contribution < -0.4 is 15.5 Å². The van der Waals surface area contributed by atoms with Gasteiger partial charge in [0.15, 0.2) is 5.82 Å². The number of hydrogen-bond acceptors (Lipinski definition) is 9. The lowest BCUT2D eigenvalue weighted by molar-refractivity contribution is 0.0756. The average Bonchev–Trinajstić information content (AvgIpc) is 3.53. The number of aliphatic hydroxyl groups is 1. The molecule has 202 valence electrons. The highest BCUT2D eigenvalue weighted by atomic mass is 35.5. The summed E-state index contributed by atoms with van der Waals surface area (Å²) in [6.07, 6.45) is 4.41. The molecule has 1 saturated carbocycles. The van der Waals surface area contributed by atoms with Crippen molar-refractivity contribution in [1.82, 2.24) is 24.5 Å². The Morgan fingerprint density at radius 1 is 1.28 bits per heavy atom. The van der Waals surface area contributed by atoms with E-state index in [1.807, 2.05) is 0 Å². The summed E-state index contributed by atoms with van der Waals surface area (Å²) in [5, 5.41) is 31.0. The molecule has 0 spiro atoms. The van der Waals surface area contributed by atoms with Crippen molar-refractivity contribution in [2.24, 2.45) is 5.92 Å². The number of aromatic nitrogens is 4. The summed E-state index contributed by atoms with van der Waals surface area (Å²) in [4.78, 5) is 16.8. The first-order valence-electron chi connectivity index (χ1n) is 13.1. The standard InChI is InChI=1S/C26H28ClFN10O/c1-30-22-12-31-25-24(32-17-2-3-17)34-26(35-38(22)25)33-19-8-15(11-29)9-21(23(19)27)36-7-5-20-16(13-36)4-6-37(20)14-18(39)10-28/h8-9,12,16-18,20,39H,2-7,10,13-14H2,(H2,32,33,34,35)/t16?,18-,20?/m1/s1. The van der Waals surface area contributed by atoms with Crippen LogP contribution in [0.2, 0.25) is 5.02 Å². The van der Waals surface area contributed by atoms with Gasteiger partial charge in [0.1, 0.15) is 6.67 Å². The van der Waals surface area contributed by atoms with Crippen LogP contribution in [0.15, 0.2) is 18.3 Å². The summed E-state index contributed by atoms with van der Waals surface area (Å²) in [6.45, 7) is 9.38. The Hall–Kier alpha value is -3.71. The molecule has 0 bridgehead atoms. The number of imidazole rings is 1. The van der Waals surface area contributed by atoms with Crippen molar-refractivity contribution < 1.29 is 9.50 Å². The summed E-state index contributed by atoms with van der Waals surface area (Å²) in [5.41, 5.74) is 2.16. The first kappa shape index (κ1) is 25.6. The van der Waals surface area contributed by atoms with Crippen LogP contribution in [-0.4, -0.2) is 80.6 Å². The third kappa shape index (κ3) is 5.03. The molecule has 2 saturated heterocycles. The van der Waals surface area contributed by atoms with Crippen molar-refractivity contribution in [3.05, 3.63) is 40.3 Å². The molecule has 13 heteroatoms. The zero-order valence-corrected chi connectivity index (χ0v) is 21.9. The van der Waals surface area contributed by atoms with Crippen LogP contribution >= 0.6 is 11.6 Å². The van der Waals surface area contributed by atoms with Gasteiger partial charge in [-0.25, -0.2) is 9.37 Å². The lowest BCUT2D eigenvalue weighted by Crippen LogP contribution is -2.47. The van der Waals surface area contributed by atoms with Gasteiger partial charge in [0.2, 0.25) is 0 Å². The van der Waals surface area contributed by atoms with Crippen molar-refractivity contribution in [2.75, 3.05) is 48.4 Å². The van der Waals surface area contributed by atoms with Gasteiger partial charge in [-0.05, 0) is 50.3 Å². The van der Waals surface area contributed by atoms with Crippen LogP contribution in [0, 0.1) is 23.8 Å². The summed E-state index contributed by atoms with van der Waals surface area (Å²) in [6, 6.07) is 6.30. The molecule has 6 rings (SSSR count). The molecular formula is C26H28ClFN10O. The second-order valence-electron chi connectivity index (χ2n) is 10.4. The third-order valence-electron chi connectivity index (χ3n) is 7.72. The van der Waals surface area contributed by atoms with Gasteiger partial charge in [-0.15, -0.1) is 4.52 Å². The van der Waals surface area contributed by atoms with Gasteiger partial charge in [-0.3, -0.25) is 4.90 Å². The number of nitriles is 1. The van der Waals surface area contributed by atoms with Crippen LogP contribution in [0.25, 0.3) is 10.5 Å². The van der Waals surface area contributed by atoms with Gasteiger partial charge in [0.25, 0.3) is 17.4 Å². The van der Waals surface area contributed by atoms with Crippen LogP contribution in [0.1, 0.15) is 31.2 Å². The molecule has 0 amide bonds. The van der Waals surface area contributed by atoms with E-state index in [0.29, 0.717) is 52.3 Å². The lowest BCUT2D eigenvalue weighted by Gasteiger charge is -2.40. The Bertz CT molecular complexity index is 1480. The van der Waals surface area contributed by atoms with Gasteiger partial charge in [-0.2, -0.15) is 10.2 Å². The third-order valence-corrected chi connectivity index (χ3v) is 8.12. The maximum absolute atomic E-state index is 12.9. The van der Waals surface area contributed by atoms with E-state index in [-0.39, 0.29) is 11.8 Å². The Morgan fingerprint density at radius 3 is 2.87 bits per heavy atom. The monoisotopic (exact) mass is 550 g/mol. The number of nitrogens with zero attached hydrogens (tertiary/aromatic N) is 8. The minimum absolute atomic E-state index is 0.230. The van der Waals surface area contributed by atoms with Crippen molar-refractivity contribution >= 4 is 46.2 Å². The number of halogens is 2. The van der Waals surface area contributed by atoms with Gasteiger partial charge < -0.3 is 25.5 Å². The zero-order chi connectivity index (χ0) is 27.1. The van der Waals surface area contributed by atoms with Crippen LogP contribution in [-0.2, 0) is 0 Å². The van der Waals surface area contributed by atoms with Gasteiger partial charge in [0.05, 0.1) is 40.3 Å². The molecule has 4 heterocycles. The fraction of sp³-hybridized carbons (Fsp3) is 0.500. The van der Waals surface area contributed by atoms with Crippen molar-refractivity contribution in [2.45, 2.75) is 43.9 Å². The van der Waals surface area contributed by atoms with E-state index in [1.54, 1.807) is 12.1 Å². The molecule has 3 atom stereocenters. The zero-order valence-electron chi connectivity index (χ0n) is 21.2. The molecule has 11 nitrogen and oxygen atoms in total. The van der Waals surface area contributed by atoms with Crippen LogP contribution in [0.4, 0.5) is 33.3 Å². The maximum atomic E-state index is 12.9. The number of β-amino-alcohol motifs (C(OH)–C–C–N with tert-alkyl or cyclic N) is 1. The Labute approximate surface area is 230 Å². The Morgan fingerprint density at radius 2 is 2.13 bits per heavy atom. The number of fused-ring (bicyclic) bond motifs is 2. The minimum atomic E-state index is -0.952. The highest BCUT2D eigenvalue weighted by molar-refractivity contribution is 6.36. The molecule has 39 heavy (non-hydrogen) atoms. The molecule has 1 aromatic carbocycles. The minimum Gasteiger partial charge on any atom is -0.389 e. The molecule has 3 aromatic rings. The average molecular weight is 551 g/mol. The highest BCUT2D eigenvalue weighted by Gasteiger charge is 2.39. The molecule has 3 aliphatic rings. The predicted octanol–water partition coefficient (Wildman–Crippen LogP) is 3.75. The van der Waals surface area contributed by atoms with Crippen molar-refractivity contribution in [3.8, 4) is 6.07 Å². The number of benzene rings is 1. The molecule has 3 N–H and O–H groups in total. The molecule has 3 fully saturated rings. The maximum Gasteiger partial charge on any atom is 0.275 e. The van der Waals surface area contributed by atoms with Gasteiger partial charge in [0, 0.05) is 31.7 Å². The smallest absolute Gasteiger partial charge is 0.275 e. The second kappa shape index (κ2) is 10.5. The van der Waals surface area contributed by atoms with E-state index in [4.69, 9.17) is 18.2 Å². The van der Waals surface area contributed by atoms with Gasteiger partial charge in [-0.1, -0.05) is 23.3 Å². The number of anilines is 4. The number of rotatable bonds is 8.